The van der Waals surface area contributed by atoms with Gasteiger partial charge in [0.25, 0.3) is 0 Å². The van der Waals surface area contributed by atoms with Gasteiger partial charge in [0, 0.05) is 22.9 Å². The predicted octanol–water partition coefficient (Wildman–Crippen LogP) is 11.5. The lowest BCUT2D eigenvalue weighted by atomic mass is 9.93. The second-order valence-corrected chi connectivity index (χ2v) is 10.8. The first-order valence-corrected chi connectivity index (χ1v) is 14.8. The summed E-state index contributed by atoms with van der Waals surface area (Å²) in [5.74, 6) is 0.212. The Kier molecular flexibility index (Phi) is 7.47. The lowest BCUT2D eigenvalue weighted by molar-refractivity contribution is 0.476. The van der Waals surface area contributed by atoms with Crippen molar-refractivity contribution in [2.45, 2.75) is 0 Å². The molecule has 7 aromatic rings. The van der Waals surface area contributed by atoms with E-state index in [1.54, 1.807) is 0 Å². The van der Waals surface area contributed by atoms with Crippen LogP contribution < -0.4 is 4.90 Å². The van der Waals surface area contributed by atoms with E-state index in [0.29, 0.717) is 0 Å². The highest BCUT2D eigenvalue weighted by Gasteiger charge is 2.23. The van der Waals surface area contributed by atoms with Crippen LogP contribution in [0.4, 0.5) is 17.1 Å². The molecule has 1 N–H and O–H groups in total. The molecule has 0 atom stereocenters. The highest BCUT2D eigenvalue weighted by Crippen LogP contribution is 2.48. The lowest BCUT2D eigenvalue weighted by Gasteiger charge is -2.31. The summed E-state index contributed by atoms with van der Waals surface area (Å²) < 4.78 is 0. The molecule has 7 rings (SSSR count). The average Bonchev–Trinajstić information content (AvgIpc) is 3.10. The van der Waals surface area contributed by atoms with Gasteiger partial charge in [-0.05, 0) is 57.6 Å². The van der Waals surface area contributed by atoms with Crippen LogP contribution in [0, 0.1) is 0 Å². The highest BCUT2D eigenvalue weighted by molar-refractivity contribution is 5.98. The largest absolute Gasteiger partial charge is 0.508 e. The topological polar surface area (TPSA) is 23.5 Å². The van der Waals surface area contributed by atoms with E-state index in [1.165, 1.54) is 0 Å². The molecule has 0 amide bonds. The van der Waals surface area contributed by atoms with Crippen LogP contribution in [0.3, 0.4) is 0 Å². The van der Waals surface area contributed by atoms with Crippen molar-refractivity contribution in [1.29, 1.82) is 0 Å². The summed E-state index contributed by atoms with van der Waals surface area (Å²) in [6.45, 7) is 0. The molecule has 0 heterocycles. The molecule has 0 spiro atoms. The zero-order chi connectivity index (χ0) is 29.7. The quantitative estimate of drug-likeness (QED) is 0.208. The van der Waals surface area contributed by atoms with E-state index in [0.717, 1.165) is 61.6 Å². The van der Waals surface area contributed by atoms with Gasteiger partial charge in [-0.1, -0.05) is 152 Å². The molecule has 44 heavy (non-hydrogen) atoms. The minimum absolute atomic E-state index is 0.212. The third-order valence-electron chi connectivity index (χ3n) is 7.91. The summed E-state index contributed by atoms with van der Waals surface area (Å²) in [4.78, 5) is 2.29. The van der Waals surface area contributed by atoms with Crippen molar-refractivity contribution in [3.05, 3.63) is 182 Å². The van der Waals surface area contributed by atoms with Crippen molar-refractivity contribution in [1.82, 2.24) is 0 Å². The van der Waals surface area contributed by atoms with Gasteiger partial charge in [-0.15, -0.1) is 0 Å². The number of hydrogen-bond donors (Lipinski definition) is 1. The molecule has 0 radical (unpaired) electrons. The first-order valence-electron chi connectivity index (χ1n) is 14.8. The zero-order valence-corrected chi connectivity index (χ0v) is 24.2. The maximum absolute atomic E-state index is 11.2. The van der Waals surface area contributed by atoms with E-state index in [-0.39, 0.29) is 5.75 Å². The molecule has 0 bridgehead atoms. The van der Waals surface area contributed by atoms with Crippen LogP contribution in [-0.2, 0) is 0 Å². The van der Waals surface area contributed by atoms with Crippen molar-refractivity contribution >= 4 is 17.1 Å². The minimum atomic E-state index is 0.212. The van der Waals surface area contributed by atoms with E-state index in [1.807, 2.05) is 48.5 Å². The minimum Gasteiger partial charge on any atom is -0.508 e. The number of hydrogen-bond acceptors (Lipinski definition) is 2. The monoisotopic (exact) mass is 565 g/mol. The van der Waals surface area contributed by atoms with E-state index < -0.39 is 0 Å². The summed E-state index contributed by atoms with van der Waals surface area (Å²) in [5, 5.41) is 11.2. The van der Waals surface area contributed by atoms with Crippen molar-refractivity contribution in [2.75, 3.05) is 4.90 Å². The number of aromatic hydroxyl groups is 1. The van der Waals surface area contributed by atoms with Gasteiger partial charge >= 0.3 is 0 Å². The second-order valence-electron chi connectivity index (χ2n) is 10.8. The molecule has 0 aliphatic heterocycles. The fraction of sp³-hybridized carbons (Fsp3) is 0. The number of rotatable bonds is 7. The Labute approximate surface area is 258 Å². The fourth-order valence-corrected chi connectivity index (χ4v) is 5.87. The Morgan fingerprint density at radius 3 is 1.30 bits per heavy atom. The Hall–Kier alpha value is -5.86. The molecule has 0 saturated heterocycles. The molecule has 7 aromatic carbocycles. The Bertz CT molecular complexity index is 1950. The van der Waals surface area contributed by atoms with Crippen LogP contribution in [0.1, 0.15) is 0 Å². The third-order valence-corrected chi connectivity index (χ3v) is 7.91. The van der Waals surface area contributed by atoms with Gasteiger partial charge in [0.2, 0.25) is 0 Å². The SMILES string of the molecule is Oc1cc(-c2ccccc2)cc(N(c2cccc(-c3ccccc3)c2)c2c(-c3ccccc3)cccc2-c2ccccc2)c1. The molecule has 0 aliphatic rings. The van der Waals surface area contributed by atoms with Gasteiger partial charge in [-0.25, -0.2) is 0 Å². The molecule has 0 saturated carbocycles. The van der Waals surface area contributed by atoms with Gasteiger partial charge in [-0.2, -0.15) is 0 Å². The van der Waals surface area contributed by atoms with Gasteiger partial charge in [-0.3, -0.25) is 0 Å². The van der Waals surface area contributed by atoms with Crippen LogP contribution >= 0.6 is 0 Å². The van der Waals surface area contributed by atoms with Gasteiger partial charge in [0.15, 0.2) is 0 Å². The molecule has 2 heteroatoms. The standard InChI is InChI=1S/C42H31NO/c44-39-29-36(32-17-7-2-8-18-32)28-38(30-39)43(37-24-13-23-35(27-37)31-15-5-1-6-16-31)42-40(33-19-9-3-10-20-33)25-14-26-41(42)34-21-11-4-12-22-34/h1-30,44H. The van der Waals surface area contributed by atoms with E-state index >= 15 is 0 Å². The van der Waals surface area contributed by atoms with Crippen molar-refractivity contribution in [3.8, 4) is 50.3 Å². The summed E-state index contributed by atoms with van der Waals surface area (Å²) in [6.07, 6.45) is 0. The maximum atomic E-state index is 11.2. The number of nitrogens with zero attached hydrogens (tertiary/aromatic N) is 1. The van der Waals surface area contributed by atoms with Crippen LogP contribution in [0.15, 0.2) is 182 Å². The van der Waals surface area contributed by atoms with Gasteiger partial charge < -0.3 is 10.0 Å². The fourth-order valence-electron chi connectivity index (χ4n) is 5.87. The van der Waals surface area contributed by atoms with Crippen LogP contribution in [0.5, 0.6) is 5.75 Å². The summed E-state index contributed by atoms with van der Waals surface area (Å²) in [6, 6.07) is 62.7. The number of anilines is 3. The first kappa shape index (κ1) is 27.0. The zero-order valence-electron chi connectivity index (χ0n) is 24.2. The average molecular weight is 566 g/mol. The molecule has 2 nitrogen and oxygen atoms in total. The number of benzene rings is 7. The lowest BCUT2D eigenvalue weighted by Crippen LogP contribution is -2.13. The number of phenols is 1. The maximum Gasteiger partial charge on any atom is 0.118 e. The van der Waals surface area contributed by atoms with Gasteiger partial charge in [0.05, 0.1) is 11.4 Å². The molecular formula is C42H31NO. The summed E-state index contributed by atoms with van der Waals surface area (Å²) >= 11 is 0. The summed E-state index contributed by atoms with van der Waals surface area (Å²) in [7, 11) is 0. The van der Waals surface area contributed by atoms with E-state index in [2.05, 4.69) is 138 Å². The first-order chi connectivity index (χ1) is 21.7. The van der Waals surface area contributed by atoms with Crippen molar-refractivity contribution in [3.63, 3.8) is 0 Å². The Morgan fingerprint density at radius 2 is 0.750 bits per heavy atom. The van der Waals surface area contributed by atoms with Crippen LogP contribution in [0.25, 0.3) is 44.5 Å². The third kappa shape index (κ3) is 5.49. The van der Waals surface area contributed by atoms with Crippen LogP contribution in [0.2, 0.25) is 0 Å². The molecule has 0 aliphatic carbocycles. The van der Waals surface area contributed by atoms with Crippen molar-refractivity contribution < 1.29 is 5.11 Å². The smallest absolute Gasteiger partial charge is 0.118 e. The number of para-hydroxylation sites is 1. The summed E-state index contributed by atoms with van der Waals surface area (Å²) in [5.41, 5.74) is 11.6. The van der Waals surface area contributed by atoms with E-state index in [9.17, 15) is 5.11 Å². The van der Waals surface area contributed by atoms with Crippen LogP contribution in [-0.4, -0.2) is 5.11 Å². The van der Waals surface area contributed by atoms with Gasteiger partial charge in [0.1, 0.15) is 5.75 Å². The highest BCUT2D eigenvalue weighted by atomic mass is 16.3. The normalized spacial score (nSPS) is 10.8. The molecule has 0 fully saturated rings. The number of phenolic OH excluding ortho intramolecular Hbond substituents is 1. The predicted molar refractivity (Wildman–Crippen MR) is 185 cm³/mol. The Balaban J connectivity index is 1.54. The Morgan fingerprint density at radius 1 is 0.318 bits per heavy atom. The molecule has 210 valence electrons. The second kappa shape index (κ2) is 12.2. The molecular weight excluding hydrogens is 534 g/mol. The molecule has 0 aromatic heterocycles. The van der Waals surface area contributed by atoms with Crippen molar-refractivity contribution in [2.24, 2.45) is 0 Å². The van der Waals surface area contributed by atoms with E-state index in [4.69, 9.17) is 0 Å². The molecule has 0 unspecified atom stereocenters.